The number of hydroxylamine groups is 2. The minimum absolute atomic E-state index is 0.235. The van der Waals surface area contributed by atoms with Gasteiger partial charge in [-0.15, -0.1) is 5.06 Å². The van der Waals surface area contributed by atoms with Crippen LogP contribution in [0.25, 0.3) is 0 Å². The molecular weight excluding hydrogens is 443 g/mol. The molecule has 1 fully saturated rings. The van der Waals surface area contributed by atoms with Crippen LogP contribution in [0.2, 0.25) is 0 Å². The zero-order valence-electron chi connectivity index (χ0n) is 14.7. The number of nitrogens with zero attached hydrogens (tertiary/aromatic N) is 3. The first-order valence-electron chi connectivity index (χ1n) is 8.17. The minimum atomic E-state index is -0.235. The molecule has 1 atom stereocenters. The molecule has 2 aromatic rings. The number of nitrogens with two attached hydrogens (primary N) is 1. The predicted molar refractivity (Wildman–Crippen MR) is 109 cm³/mol. The predicted octanol–water partition coefficient (Wildman–Crippen LogP) is 2.47. The van der Waals surface area contributed by atoms with Crippen LogP contribution in [0, 0.1) is 28.7 Å². The summed E-state index contributed by atoms with van der Waals surface area (Å²) in [6, 6.07) is 13.5. The third-order valence-corrected chi connectivity index (χ3v) is 4.70. The fourth-order valence-electron chi connectivity index (χ4n) is 2.78. The van der Waals surface area contributed by atoms with Crippen LogP contribution in [0.5, 0.6) is 5.75 Å². The first-order chi connectivity index (χ1) is 12.5. The Kier molecular flexibility index (Phi) is 5.95. The highest BCUT2D eigenvalue weighted by atomic mass is 127. The largest absolute Gasteiger partial charge is 0.403 e. The quantitative estimate of drug-likeness (QED) is 0.473. The summed E-state index contributed by atoms with van der Waals surface area (Å²) in [5.41, 5.74) is 3.70. The molecule has 1 aliphatic heterocycles. The van der Waals surface area contributed by atoms with Crippen molar-refractivity contribution in [3.63, 3.8) is 0 Å². The minimum Gasteiger partial charge on any atom is -0.403 e. The molecule has 3 rings (SSSR count). The molecule has 0 bridgehead atoms. The first-order valence-corrected chi connectivity index (χ1v) is 9.25. The molecule has 26 heavy (non-hydrogen) atoms. The second kappa shape index (κ2) is 8.20. The Labute approximate surface area is 166 Å². The molecule has 1 unspecified atom stereocenters. The standard InChI is InChI=1S/C18H21IN6O/c1-12-7-15(19)8-13(2)17(12)26-24-10-22-18(25(21)11-24)23-16-5-3-14(9-20)4-6-16/h3-8,18,22-23H,10-11,21H2,1-2H3. The molecule has 0 amide bonds. The Morgan fingerprint density at radius 1 is 1.27 bits per heavy atom. The van der Waals surface area contributed by atoms with Crippen LogP contribution in [-0.2, 0) is 0 Å². The van der Waals surface area contributed by atoms with Gasteiger partial charge in [-0.3, -0.25) is 11.2 Å². The Hall–Kier alpha value is -1.90. The van der Waals surface area contributed by atoms with Crippen molar-refractivity contribution in [1.82, 2.24) is 15.4 Å². The van der Waals surface area contributed by atoms with Gasteiger partial charge in [-0.05, 0) is 84.0 Å². The third-order valence-electron chi connectivity index (χ3n) is 4.08. The summed E-state index contributed by atoms with van der Waals surface area (Å²) < 4.78 is 1.19. The monoisotopic (exact) mass is 464 g/mol. The van der Waals surface area contributed by atoms with Crippen molar-refractivity contribution in [3.8, 4) is 11.8 Å². The number of rotatable bonds is 4. The van der Waals surface area contributed by atoms with Gasteiger partial charge in [0, 0.05) is 9.26 Å². The average molecular weight is 464 g/mol. The lowest BCUT2D eigenvalue weighted by molar-refractivity contribution is -0.142. The molecular formula is C18H21IN6O. The Balaban J connectivity index is 1.60. The smallest absolute Gasteiger partial charge is 0.153 e. The fraction of sp³-hybridized carbons (Fsp3) is 0.278. The summed E-state index contributed by atoms with van der Waals surface area (Å²) in [4.78, 5) is 6.05. The number of halogens is 1. The number of hydrogen-bond donors (Lipinski definition) is 3. The van der Waals surface area contributed by atoms with E-state index in [0.29, 0.717) is 18.9 Å². The number of hydrazine groups is 1. The molecule has 1 heterocycles. The van der Waals surface area contributed by atoms with E-state index in [2.05, 4.69) is 51.4 Å². The number of aryl methyl sites for hydroxylation is 2. The van der Waals surface area contributed by atoms with Crippen molar-refractivity contribution in [2.24, 2.45) is 5.84 Å². The van der Waals surface area contributed by atoms with E-state index in [-0.39, 0.29) is 6.29 Å². The number of anilines is 1. The Morgan fingerprint density at radius 3 is 2.50 bits per heavy atom. The molecule has 0 radical (unpaired) electrons. The highest BCUT2D eigenvalue weighted by Crippen LogP contribution is 2.26. The van der Waals surface area contributed by atoms with Gasteiger partial charge >= 0.3 is 0 Å². The second-order valence-electron chi connectivity index (χ2n) is 6.20. The summed E-state index contributed by atoms with van der Waals surface area (Å²) in [5.74, 6) is 7.02. The van der Waals surface area contributed by atoms with E-state index in [0.717, 1.165) is 22.6 Å². The maximum Gasteiger partial charge on any atom is 0.153 e. The summed E-state index contributed by atoms with van der Waals surface area (Å²) >= 11 is 2.30. The average Bonchev–Trinajstić information content (AvgIpc) is 2.61. The maximum atomic E-state index is 8.87. The number of nitriles is 1. The van der Waals surface area contributed by atoms with Crippen molar-refractivity contribution < 1.29 is 4.84 Å². The molecule has 4 N–H and O–H groups in total. The molecule has 1 aliphatic rings. The molecule has 7 nitrogen and oxygen atoms in total. The van der Waals surface area contributed by atoms with Crippen LogP contribution in [0.1, 0.15) is 16.7 Å². The van der Waals surface area contributed by atoms with Crippen LogP contribution in [0.3, 0.4) is 0 Å². The summed E-state index contributed by atoms with van der Waals surface area (Å²) in [7, 11) is 0. The molecule has 0 spiro atoms. The Morgan fingerprint density at radius 2 is 1.92 bits per heavy atom. The van der Waals surface area contributed by atoms with E-state index in [4.69, 9.17) is 15.9 Å². The van der Waals surface area contributed by atoms with E-state index < -0.39 is 0 Å². The molecule has 136 valence electrons. The SMILES string of the molecule is Cc1cc(I)cc(C)c1ON1CNC(Nc2ccc(C#N)cc2)N(N)C1. The zero-order chi connectivity index (χ0) is 18.7. The fourth-order valence-corrected chi connectivity index (χ4v) is 3.72. The highest BCUT2D eigenvalue weighted by Gasteiger charge is 2.26. The van der Waals surface area contributed by atoms with Gasteiger partial charge in [-0.1, -0.05) is 0 Å². The maximum absolute atomic E-state index is 8.87. The molecule has 8 heteroatoms. The lowest BCUT2D eigenvalue weighted by Gasteiger charge is -2.39. The van der Waals surface area contributed by atoms with Gasteiger partial charge in [-0.25, -0.2) is 0 Å². The summed E-state index contributed by atoms with van der Waals surface area (Å²) in [6.07, 6.45) is -0.235. The van der Waals surface area contributed by atoms with E-state index in [9.17, 15) is 0 Å². The van der Waals surface area contributed by atoms with Crippen LogP contribution in [0.4, 0.5) is 5.69 Å². The van der Waals surface area contributed by atoms with Gasteiger partial charge in [0.1, 0.15) is 13.0 Å². The van der Waals surface area contributed by atoms with Gasteiger partial charge in [0.05, 0.1) is 18.3 Å². The third kappa shape index (κ3) is 4.44. The van der Waals surface area contributed by atoms with E-state index in [1.165, 1.54) is 3.57 Å². The summed E-state index contributed by atoms with van der Waals surface area (Å²) in [5, 5.41) is 18.9. The van der Waals surface area contributed by atoms with E-state index >= 15 is 0 Å². The topological polar surface area (TPSA) is 89.6 Å². The Bertz CT molecular complexity index is 796. The van der Waals surface area contributed by atoms with Gasteiger partial charge < -0.3 is 10.2 Å². The molecule has 0 aromatic heterocycles. The van der Waals surface area contributed by atoms with Crippen LogP contribution in [-0.4, -0.2) is 29.7 Å². The van der Waals surface area contributed by atoms with Crippen molar-refractivity contribution in [2.45, 2.75) is 20.1 Å². The van der Waals surface area contributed by atoms with Crippen molar-refractivity contribution >= 4 is 28.3 Å². The number of hydrogen-bond acceptors (Lipinski definition) is 7. The normalized spacial score (nSPS) is 18.3. The molecule has 2 aromatic carbocycles. The van der Waals surface area contributed by atoms with E-state index in [1.807, 2.05) is 26.0 Å². The molecule has 0 aliphatic carbocycles. The zero-order valence-corrected chi connectivity index (χ0v) is 16.8. The van der Waals surface area contributed by atoms with Crippen molar-refractivity contribution in [3.05, 3.63) is 56.7 Å². The van der Waals surface area contributed by atoms with Gasteiger partial charge in [0.25, 0.3) is 0 Å². The summed E-state index contributed by atoms with van der Waals surface area (Å²) in [6.45, 7) is 5.03. The first kappa shape index (κ1) is 18.9. The van der Waals surface area contributed by atoms with Gasteiger partial charge in [0.2, 0.25) is 0 Å². The van der Waals surface area contributed by atoms with Gasteiger partial charge in [0.15, 0.2) is 5.75 Å². The lowest BCUT2D eigenvalue weighted by atomic mass is 10.1. The molecule has 1 saturated heterocycles. The lowest BCUT2D eigenvalue weighted by Crippen LogP contribution is -2.65. The van der Waals surface area contributed by atoms with Crippen LogP contribution >= 0.6 is 22.6 Å². The highest BCUT2D eigenvalue weighted by molar-refractivity contribution is 14.1. The van der Waals surface area contributed by atoms with Gasteiger partial charge in [-0.2, -0.15) is 10.3 Å². The number of nitrogens with one attached hydrogen (secondary N) is 2. The van der Waals surface area contributed by atoms with E-state index in [1.54, 1.807) is 22.2 Å². The second-order valence-corrected chi connectivity index (χ2v) is 7.44. The van der Waals surface area contributed by atoms with Crippen LogP contribution < -0.4 is 21.3 Å². The van der Waals surface area contributed by atoms with Crippen LogP contribution in [0.15, 0.2) is 36.4 Å². The van der Waals surface area contributed by atoms with Crippen molar-refractivity contribution in [2.75, 3.05) is 18.7 Å². The molecule has 0 saturated carbocycles. The number of benzene rings is 2. The van der Waals surface area contributed by atoms with Crippen molar-refractivity contribution in [1.29, 1.82) is 5.26 Å².